The fourth-order valence-corrected chi connectivity index (χ4v) is 4.58. The molecule has 1 aromatic carbocycles. The van der Waals surface area contributed by atoms with Crippen molar-refractivity contribution >= 4 is 5.91 Å². The highest BCUT2D eigenvalue weighted by Crippen LogP contribution is 2.30. The fourth-order valence-electron chi connectivity index (χ4n) is 4.58. The number of rotatable bonds is 7. The normalized spacial score (nSPS) is 26.1. The molecule has 3 atom stereocenters. The predicted molar refractivity (Wildman–Crippen MR) is 115 cm³/mol. The van der Waals surface area contributed by atoms with Crippen LogP contribution < -0.4 is 14.8 Å². The smallest absolute Gasteiger partial charge is 0.234 e. The van der Waals surface area contributed by atoms with Gasteiger partial charge in [0.2, 0.25) is 5.91 Å². The molecule has 1 saturated heterocycles. The molecule has 0 aromatic heterocycles. The van der Waals surface area contributed by atoms with Crippen LogP contribution in [-0.4, -0.2) is 68.7 Å². The van der Waals surface area contributed by atoms with Crippen molar-refractivity contribution in [2.45, 2.75) is 45.7 Å². The first-order valence-corrected chi connectivity index (χ1v) is 10.9. The Hall–Kier alpha value is -1.79. The molecule has 0 unspecified atom stereocenters. The number of piperazine rings is 1. The summed E-state index contributed by atoms with van der Waals surface area (Å²) in [4.78, 5) is 17.2. The minimum Gasteiger partial charge on any atom is -0.493 e. The monoisotopic (exact) mass is 403 g/mol. The second-order valence-corrected chi connectivity index (χ2v) is 8.68. The van der Waals surface area contributed by atoms with Crippen molar-refractivity contribution in [2.24, 2.45) is 11.8 Å². The lowest BCUT2D eigenvalue weighted by Crippen LogP contribution is -2.51. The maximum absolute atomic E-state index is 12.5. The third kappa shape index (κ3) is 5.86. The van der Waals surface area contributed by atoms with Crippen molar-refractivity contribution in [3.63, 3.8) is 0 Å². The van der Waals surface area contributed by atoms with Gasteiger partial charge in [-0.1, -0.05) is 32.8 Å². The van der Waals surface area contributed by atoms with E-state index >= 15 is 0 Å². The molecule has 0 bridgehead atoms. The van der Waals surface area contributed by atoms with Crippen LogP contribution in [0.4, 0.5) is 0 Å². The summed E-state index contributed by atoms with van der Waals surface area (Å²) in [6.07, 6.45) is 3.64. The predicted octanol–water partition coefficient (Wildman–Crippen LogP) is 2.76. The van der Waals surface area contributed by atoms with Crippen LogP contribution in [0, 0.1) is 11.8 Å². The molecule has 6 nitrogen and oxygen atoms in total. The van der Waals surface area contributed by atoms with Crippen LogP contribution in [0.1, 0.15) is 38.7 Å². The van der Waals surface area contributed by atoms with E-state index in [0.717, 1.165) is 50.6 Å². The quantitative estimate of drug-likeness (QED) is 0.759. The molecule has 1 aromatic rings. The SMILES string of the molecule is COc1ccc(CN2CCN(CC(=O)N[C@@H]3CCC[C@H](C)[C@H]3C)CC2)cc1OC. The van der Waals surface area contributed by atoms with Crippen molar-refractivity contribution in [2.75, 3.05) is 46.9 Å². The maximum Gasteiger partial charge on any atom is 0.234 e. The van der Waals surface area contributed by atoms with E-state index in [4.69, 9.17) is 9.47 Å². The minimum absolute atomic E-state index is 0.185. The van der Waals surface area contributed by atoms with Crippen LogP contribution in [0.25, 0.3) is 0 Å². The van der Waals surface area contributed by atoms with Gasteiger partial charge in [-0.25, -0.2) is 0 Å². The van der Waals surface area contributed by atoms with Gasteiger partial charge in [0.15, 0.2) is 11.5 Å². The molecular weight excluding hydrogens is 366 g/mol. The van der Waals surface area contributed by atoms with E-state index < -0.39 is 0 Å². The molecule has 1 saturated carbocycles. The van der Waals surface area contributed by atoms with Crippen molar-refractivity contribution in [1.29, 1.82) is 0 Å². The van der Waals surface area contributed by atoms with Gasteiger partial charge in [-0.3, -0.25) is 14.6 Å². The van der Waals surface area contributed by atoms with Gasteiger partial charge < -0.3 is 14.8 Å². The van der Waals surface area contributed by atoms with Gasteiger partial charge >= 0.3 is 0 Å². The number of carbonyl (C=O) groups is 1. The minimum atomic E-state index is 0.185. The fraction of sp³-hybridized carbons (Fsp3) is 0.696. The Labute approximate surface area is 175 Å². The second kappa shape index (κ2) is 10.3. The van der Waals surface area contributed by atoms with Crippen molar-refractivity contribution in [1.82, 2.24) is 15.1 Å². The summed E-state index contributed by atoms with van der Waals surface area (Å²) in [5.41, 5.74) is 1.22. The second-order valence-electron chi connectivity index (χ2n) is 8.68. The Balaban J connectivity index is 1.43. The summed E-state index contributed by atoms with van der Waals surface area (Å²) in [5, 5.41) is 3.30. The van der Waals surface area contributed by atoms with Crippen LogP contribution in [0.2, 0.25) is 0 Å². The number of benzene rings is 1. The average molecular weight is 404 g/mol. The molecule has 1 aliphatic carbocycles. The Morgan fingerprint density at radius 1 is 1.03 bits per heavy atom. The largest absolute Gasteiger partial charge is 0.493 e. The number of amides is 1. The third-order valence-electron chi connectivity index (χ3n) is 6.74. The zero-order valence-electron chi connectivity index (χ0n) is 18.4. The van der Waals surface area contributed by atoms with Crippen molar-refractivity contribution in [3.05, 3.63) is 23.8 Å². The summed E-state index contributed by atoms with van der Waals surface area (Å²) in [6.45, 7) is 9.79. The molecule has 3 rings (SSSR count). The Bertz CT molecular complexity index is 673. The Morgan fingerprint density at radius 3 is 2.41 bits per heavy atom. The molecule has 2 aliphatic rings. The summed E-state index contributed by atoms with van der Waals surface area (Å²) < 4.78 is 10.7. The van der Waals surface area contributed by atoms with Gasteiger partial charge in [0.25, 0.3) is 0 Å². The van der Waals surface area contributed by atoms with E-state index in [2.05, 4.69) is 35.0 Å². The standard InChI is InChI=1S/C23H37N3O3/c1-17-6-5-7-20(18(17)2)24-23(27)16-26-12-10-25(11-13-26)15-19-8-9-21(28-3)22(14-19)29-4/h8-9,14,17-18,20H,5-7,10-13,15-16H2,1-4H3,(H,24,27)/t17-,18+,20+/m0/s1. The van der Waals surface area contributed by atoms with Gasteiger partial charge in [-0.15, -0.1) is 0 Å². The Kier molecular flexibility index (Phi) is 7.78. The topological polar surface area (TPSA) is 54.0 Å². The lowest BCUT2D eigenvalue weighted by molar-refractivity contribution is -0.124. The molecular formula is C23H37N3O3. The number of methoxy groups -OCH3 is 2. The van der Waals surface area contributed by atoms with E-state index in [0.29, 0.717) is 24.4 Å². The van der Waals surface area contributed by atoms with E-state index in [9.17, 15) is 4.79 Å². The molecule has 1 N–H and O–H groups in total. The molecule has 0 radical (unpaired) electrons. The summed E-state index contributed by atoms with van der Waals surface area (Å²) >= 11 is 0. The molecule has 162 valence electrons. The van der Waals surface area contributed by atoms with Crippen molar-refractivity contribution < 1.29 is 14.3 Å². The van der Waals surface area contributed by atoms with Gasteiger partial charge in [0.05, 0.1) is 20.8 Å². The summed E-state index contributed by atoms with van der Waals surface area (Å²) in [6, 6.07) is 6.44. The van der Waals surface area contributed by atoms with Gasteiger partial charge in [-0.05, 0) is 36.0 Å². The molecule has 1 amide bonds. The lowest BCUT2D eigenvalue weighted by Gasteiger charge is -2.37. The van der Waals surface area contributed by atoms with E-state index in [1.54, 1.807) is 14.2 Å². The van der Waals surface area contributed by atoms with Gasteiger partial charge in [0, 0.05) is 38.8 Å². The molecule has 6 heteroatoms. The third-order valence-corrected chi connectivity index (χ3v) is 6.74. The number of ether oxygens (including phenoxy) is 2. The number of hydrogen-bond donors (Lipinski definition) is 1. The highest BCUT2D eigenvalue weighted by molar-refractivity contribution is 5.78. The highest BCUT2D eigenvalue weighted by Gasteiger charge is 2.28. The first-order valence-electron chi connectivity index (χ1n) is 10.9. The number of hydrogen-bond acceptors (Lipinski definition) is 5. The van der Waals surface area contributed by atoms with Gasteiger partial charge in [0.1, 0.15) is 0 Å². The molecule has 1 aliphatic heterocycles. The first-order chi connectivity index (χ1) is 14.0. The average Bonchev–Trinajstić information content (AvgIpc) is 2.72. The first kappa shape index (κ1) is 21.9. The van der Waals surface area contributed by atoms with Crippen LogP contribution >= 0.6 is 0 Å². The van der Waals surface area contributed by atoms with E-state index in [1.807, 2.05) is 12.1 Å². The highest BCUT2D eigenvalue weighted by atomic mass is 16.5. The molecule has 1 heterocycles. The Morgan fingerprint density at radius 2 is 1.72 bits per heavy atom. The van der Waals surface area contributed by atoms with Crippen molar-refractivity contribution in [3.8, 4) is 11.5 Å². The molecule has 0 spiro atoms. The van der Waals surface area contributed by atoms with Crippen LogP contribution in [-0.2, 0) is 11.3 Å². The van der Waals surface area contributed by atoms with E-state index in [1.165, 1.54) is 18.4 Å². The van der Waals surface area contributed by atoms with Crippen LogP contribution in [0.5, 0.6) is 11.5 Å². The number of carbonyl (C=O) groups excluding carboxylic acids is 1. The number of nitrogens with zero attached hydrogens (tertiary/aromatic N) is 2. The summed E-state index contributed by atoms with van der Waals surface area (Å²) in [7, 11) is 3.32. The molecule has 29 heavy (non-hydrogen) atoms. The maximum atomic E-state index is 12.5. The van der Waals surface area contributed by atoms with Gasteiger partial charge in [-0.2, -0.15) is 0 Å². The zero-order valence-corrected chi connectivity index (χ0v) is 18.4. The van der Waals surface area contributed by atoms with Crippen LogP contribution in [0.15, 0.2) is 18.2 Å². The van der Waals surface area contributed by atoms with E-state index in [-0.39, 0.29) is 5.91 Å². The summed E-state index contributed by atoms with van der Waals surface area (Å²) in [5.74, 6) is 2.99. The zero-order chi connectivity index (χ0) is 20.8. The number of nitrogens with one attached hydrogen (secondary N) is 1. The molecule has 2 fully saturated rings. The van der Waals surface area contributed by atoms with Crippen LogP contribution in [0.3, 0.4) is 0 Å². The lowest BCUT2D eigenvalue weighted by atomic mass is 9.78.